The predicted octanol–water partition coefficient (Wildman–Crippen LogP) is 3.08. The van der Waals surface area contributed by atoms with Crippen molar-refractivity contribution in [1.82, 2.24) is 4.90 Å². The van der Waals surface area contributed by atoms with E-state index in [-0.39, 0.29) is 23.9 Å². The number of anilines is 2. The maximum atomic E-state index is 13.1. The van der Waals surface area contributed by atoms with Crippen molar-refractivity contribution in [2.24, 2.45) is 0 Å². The molecule has 2 aromatic rings. The van der Waals surface area contributed by atoms with Gasteiger partial charge in [-0.05, 0) is 56.5 Å². The summed E-state index contributed by atoms with van der Waals surface area (Å²) in [7, 11) is 2.96. The van der Waals surface area contributed by atoms with E-state index in [0.29, 0.717) is 41.7 Å². The Hall–Kier alpha value is -3.75. The van der Waals surface area contributed by atoms with Crippen LogP contribution < -0.4 is 24.4 Å². The van der Waals surface area contributed by atoms with Gasteiger partial charge >= 0.3 is 0 Å². The van der Waals surface area contributed by atoms with Crippen molar-refractivity contribution in [3.05, 3.63) is 42.0 Å². The Morgan fingerprint density at radius 3 is 2.38 bits per heavy atom. The van der Waals surface area contributed by atoms with Crippen molar-refractivity contribution in [2.75, 3.05) is 44.1 Å². The second kappa shape index (κ2) is 10.0. The first-order chi connectivity index (χ1) is 16.4. The van der Waals surface area contributed by atoms with E-state index in [2.05, 4.69) is 5.32 Å². The van der Waals surface area contributed by atoms with Crippen LogP contribution in [-0.4, -0.2) is 62.6 Å². The van der Waals surface area contributed by atoms with Crippen molar-refractivity contribution in [2.45, 2.75) is 32.3 Å². The van der Waals surface area contributed by atoms with Crippen molar-refractivity contribution >= 4 is 29.1 Å². The largest absolute Gasteiger partial charge is 0.496 e. The van der Waals surface area contributed by atoms with Crippen molar-refractivity contribution in [3.8, 4) is 17.2 Å². The Balaban J connectivity index is 1.60. The number of benzene rings is 2. The van der Waals surface area contributed by atoms with Crippen LogP contribution in [-0.2, 0) is 9.59 Å². The molecule has 34 heavy (non-hydrogen) atoms. The Bertz CT molecular complexity index is 1070. The first-order valence-corrected chi connectivity index (χ1v) is 11.3. The van der Waals surface area contributed by atoms with E-state index in [1.807, 2.05) is 0 Å². The lowest BCUT2D eigenvalue weighted by atomic mass is 10.1. The third-order valence-electron chi connectivity index (χ3n) is 6.08. The maximum absolute atomic E-state index is 13.1. The summed E-state index contributed by atoms with van der Waals surface area (Å²) in [6.45, 7) is 3.00. The molecule has 1 unspecified atom stereocenters. The summed E-state index contributed by atoms with van der Waals surface area (Å²) < 4.78 is 16.4. The molecule has 1 fully saturated rings. The molecule has 0 aromatic heterocycles. The fourth-order valence-corrected chi connectivity index (χ4v) is 4.30. The van der Waals surface area contributed by atoms with E-state index in [1.54, 1.807) is 48.2 Å². The number of nitrogens with one attached hydrogen (secondary N) is 1. The van der Waals surface area contributed by atoms with E-state index in [9.17, 15) is 14.4 Å². The van der Waals surface area contributed by atoms with Crippen LogP contribution in [0.15, 0.2) is 36.4 Å². The molecule has 2 aliphatic heterocycles. The molecule has 0 saturated carbocycles. The first kappa shape index (κ1) is 23.4. The van der Waals surface area contributed by atoms with Crippen LogP contribution in [0, 0.1) is 0 Å². The minimum absolute atomic E-state index is 0.0722. The van der Waals surface area contributed by atoms with Gasteiger partial charge < -0.3 is 24.4 Å². The quantitative estimate of drug-likeness (QED) is 0.701. The summed E-state index contributed by atoms with van der Waals surface area (Å²) in [6.07, 6.45) is 2.34. The SMILES string of the molecule is COc1cccc(OC)c1C(=O)Nc1ccc2c(c1)N(CC(=O)N1CCCCC1)C(=O)C(C)O2. The third kappa shape index (κ3) is 4.64. The van der Waals surface area contributed by atoms with Gasteiger partial charge in [0, 0.05) is 18.8 Å². The van der Waals surface area contributed by atoms with Gasteiger partial charge in [0.05, 0.1) is 19.9 Å². The summed E-state index contributed by atoms with van der Waals surface area (Å²) >= 11 is 0. The van der Waals surface area contributed by atoms with Crippen LogP contribution in [0.3, 0.4) is 0 Å². The molecule has 9 heteroatoms. The molecule has 2 aromatic carbocycles. The van der Waals surface area contributed by atoms with Gasteiger partial charge in [-0.3, -0.25) is 19.3 Å². The summed E-state index contributed by atoms with van der Waals surface area (Å²) in [6, 6.07) is 10.1. The minimum atomic E-state index is -0.708. The molecule has 0 bridgehead atoms. The van der Waals surface area contributed by atoms with Gasteiger partial charge in [-0.1, -0.05) is 6.07 Å². The molecule has 0 radical (unpaired) electrons. The standard InChI is InChI=1S/C25H29N3O6/c1-16-25(31)28(15-22(29)27-12-5-4-6-13-27)18-14-17(10-11-19(18)34-16)26-24(30)23-20(32-2)8-7-9-21(23)33-3/h7-11,14,16H,4-6,12-13,15H2,1-3H3,(H,26,30). The second-order valence-corrected chi connectivity index (χ2v) is 8.30. The van der Waals surface area contributed by atoms with Crippen molar-refractivity contribution in [1.29, 1.82) is 0 Å². The number of hydrogen-bond donors (Lipinski definition) is 1. The molecule has 2 heterocycles. The van der Waals surface area contributed by atoms with Gasteiger partial charge in [-0.25, -0.2) is 0 Å². The average Bonchev–Trinajstić information content (AvgIpc) is 2.86. The normalized spacial score (nSPS) is 17.5. The number of hydrogen-bond acceptors (Lipinski definition) is 6. The highest BCUT2D eigenvalue weighted by molar-refractivity contribution is 6.09. The third-order valence-corrected chi connectivity index (χ3v) is 6.08. The molecule has 2 aliphatic rings. The average molecular weight is 468 g/mol. The smallest absolute Gasteiger partial charge is 0.268 e. The minimum Gasteiger partial charge on any atom is -0.496 e. The summed E-state index contributed by atoms with van der Waals surface area (Å²) in [5.74, 6) is 0.397. The molecular formula is C25H29N3O6. The molecule has 3 amide bonds. The Morgan fingerprint density at radius 2 is 1.74 bits per heavy atom. The van der Waals surface area contributed by atoms with Gasteiger partial charge in [0.2, 0.25) is 5.91 Å². The lowest BCUT2D eigenvalue weighted by Crippen LogP contribution is -2.50. The van der Waals surface area contributed by atoms with Crippen LogP contribution >= 0.6 is 0 Å². The highest BCUT2D eigenvalue weighted by atomic mass is 16.5. The van der Waals surface area contributed by atoms with E-state index in [4.69, 9.17) is 14.2 Å². The van der Waals surface area contributed by atoms with E-state index in [1.165, 1.54) is 19.1 Å². The molecule has 0 aliphatic carbocycles. The Labute approximate surface area is 198 Å². The number of nitrogens with zero attached hydrogens (tertiary/aromatic N) is 2. The number of carbonyl (C=O) groups is 3. The van der Waals surface area contributed by atoms with E-state index >= 15 is 0 Å². The topological polar surface area (TPSA) is 97.4 Å². The summed E-state index contributed by atoms with van der Waals surface area (Å²) in [5.41, 5.74) is 1.14. The molecule has 1 N–H and O–H groups in total. The van der Waals surface area contributed by atoms with Gasteiger partial charge in [0.15, 0.2) is 6.10 Å². The number of ether oxygens (including phenoxy) is 3. The lowest BCUT2D eigenvalue weighted by molar-refractivity contribution is -0.133. The highest BCUT2D eigenvalue weighted by Crippen LogP contribution is 2.37. The van der Waals surface area contributed by atoms with Gasteiger partial charge in [-0.15, -0.1) is 0 Å². The fraction of sp³-hybridized carbons (Fsp3) is 0.400. The van der Waals surface area contributed by atoms with Crippen molar-refractivity contribution in [3.63, 3.8) is 0 Å². The Kier molecular flexibility index (Phi) is 6.90. The number of carbonyl (C=O) groups excluding carboxylic acids is 3. The van der Waals surface area contributed by atoms with E-state index in [0.717, 1.165) is 19.3 Å². The predicted molar refractivity (Wildman–Crippen MR) is 127 cm³/mol. The maximum Gasteiger partial charge on any atom is 0.268 e. The van der Waals surface area contributed by atoms with Gasteiger partial charge in [-0.2, -0.15) is 0 Å². The number of methoxy groups -OCH3 is 2. The number of likely N-dealkylation sites (tertiary alicyclic amines) is 1. The molecule has 180 valence electrons. The highest BCUT2D eigenvalue weighted by Gasteiger charge is 2.34. The zero-order valence-electron chi connectivity index (χ0n) is 19.6. The van der Waals surface area contributed by atoms with Crippen LogP contribution in [0.4, 0.5) is 11.4 Å². The van der Waals surface area contributed by atoms with Crippen LogP contribution in [0.25, 0.3) is 0 Å². The zero-order valence-corrected chi connectivity index (χ0v) is 19.6. The first-order valence-electron chi connectivity index (χ1n) is 11.3. The lowest BCUT2D eigenvalue weighted by Gasteiger charge is -2.35. The van der Waals surface area contributed by atoms with Crippen LogP contribution in [0.1, 0.15) is 36.5 Å². The van der Waals surface area contributed by atoms with Crippen LogP contribution in [0.2, 0.25) is 0 Å². The van der Waals surface area contributed by atoms with Gasteiger partial charge in [0.25, 0.3) is 11.8 Å². The molecule has 1 atom stereocenters. The molecule has 0 spiro atoms. The zero-order chi connectivity index (χ0) is 24.2. The molecule has 1 saturated heterocycles. The number of piperidine rings is 1. The number of rotatable bonds is 6. The molecular weight excluding hydrogens is 438 g/mol. The fourth-order valence-electron chi connectivity index (χ4n) is 4.30. The van der Waals surface area contributed by atoms with Crippen molar-refractivity contribution < 1.29 is 28.6 Å². The van der Waals surface area contributed by atoms with Gasteiger partial charge in [0.1, 0.15) is 29.4 Å². The monoisotopic (exact) mass is 467 g/mol. The second-order valence-electron chi connectivity index (χ2n) is 8.30. The van der Waals surface area contributed by atoms with Crippen LogP contribution in [0.5, 0.6) is 17.2 Å². The summed E-state index contributed by atoms with van der Waals surface area (Å²) in [5, 5.41) is 2.83. The molecule has 9 nitrogen and oxygen atoms in total. The van der Waals surface area contributed by atoms with E-state index < -0.39 is 12.0 Å². The molecule has 4 rings (SSSR count). The Morgan fingerprint density at radius 1 is 1.06 bits per heavy atom. The summed E-state index contributed by atoms with van der Waals surface area (Å²) in [4.78, 5) is 42.2. The number of amides is 3. The number of fused-ring (bicyclic) bond motifs is 1.